The van der Waals surface area contributed by atoms with E-state index in [1.807, 2.05) is 25.7 Å². The molecule has 4 atom stereocenters. The van der Waals surface area contributed by atoms with Crippen LogP contribution in [-0.2, 0) is 38.5 Å². The maximum absolute atomic E-state index is 15.5. The lowest BCUT2D eigenvalue weighted by Crippen LogP contribution is -2.38. The summed E-state index contributed by atoms with van der Waals surface area (Å²) in [5, 5.41) is 3.38. The first-order valence-electron chi connectivity index (χ1n) is 16.0. The predicted octanol–water partition coefficient (Wildman–Crippen LogP) is 6.34. The number of hydrogen-bond acceptors (Lipinski definition) is 7. The lowest BCUT2D eigenvalue weighted by Gasteiger charge is -2.31. The van der Waals surface area contributed by atoms with Gasteiger partial charge in [0, 0.05) is 31.3 Å². The Morgan fingerprint density at radius 3 is 2.86 bits per heavy atom. The monoisotopic (exact) mass is 599 g/mol. The number of alkyl halides is 1. The number of fused-ring (bicyclic) bond motifs is 1. The molecule has 0 aliphatic carbocycles. The lowest BCUT2D eigenvalue weighted by molar-refractivity contribution is -0.161. The molecule has 4 heterocycles. The first kappa shape index (κ1) is 31.8. The summed E-state index contributed by atoms with van der Waals surface area (Å²) in [6.45, 7) is 8.78. The number of carbonyl (C=O) groups excluding carboxylic acids is 1. The topological polar surface area (TPSA) is 72.9 Å². The number of aromatic nitrogens is 1. The molecule has 5 rings (SSSR count). The number of aryl methyl sites for hydroxylation is 2. The highest BCUT2D eigenvalue weighted by Gasteiger charge is 2.39. The molecular weight excluding hydrogens is 552 g/mol. The van der Waals surface area contributed by atoms with Crippen molar-refractivity contribution in [3.05, 3.63) is 58.5 Å². The number of rotatable bonds is 12. The van der Waals surface area contributed by atoms with Gasteiger partial charge in [0.05, 0.1) is 19.3 Å². The zero-order valence-corrected chi connectivity index (χ0v) is 25.9. The number of hydrogen-bond donors (Lipinski definition) is 1. The van der Waals surface area contributed by atoms with Crippen molar-refractivity contribution >= 4 is 11.8 Å². The van der Waals surface area contributed by atoms with Gasteiger partial charge in [0.2, 0.25) is 0 Å². The Labute approximate surface area is 254 Å². The lowest BCUT2D eigenvalue weighted by atomic mass is 9.96. The van der Waals surface area contributed by atoms with Crippen molar-refractivity contribution < 1.29 is 27.8 Å². The molecule has 0 amide bonds. The minimum atomic E-state index is -0.972. The zero-order valence-electron chi connectivity index (χ0n) is 25.9. The van der Waals surface area contributed by atoms with Crippen LogP contribution < -0.4 is 5.32 Å². The molecule has 2 aromatic rings. The van der Waals surface area contributed by atoms with Crippen LogP contribution in [0.1, 0.15) is 87.7 Å². The molecule has 236 valence electrons. The molecule has 1 aromatic carbocycles. The van der Waals surface area contributed by atoms with Crippen LogP contribution in [0.25, 0.3) is 0 Å². The fraction of sp³-hybridized carbons (Fsp3) is 0.647. The number of benzene rings is 1. The van der Waals surface area contributed by atoms with Crippen LogP contribution >= 0.6 is 0 Å². The third-order valence-electron chi connectivity index (χ3n) is 8.64. The van der Waals surface area contributed by atoms with E-state index in [1.165, 1.54) is 17.7 Å². The highest BCUT2D eigenvalue weighted by molar-refractivity contribution is 5.78. The molecule has 0 bridgehead atoms. The van der Waals surface area contributed by atoms with Crippen molar-refractivity contribution in [2.24, 2.45) is 5.92 Å². The Balaban J connectivity index is 1.21. The molecule has 7 nitrogen and oxygen atoms in total. The van der Waals surface area contributed by atoms with Gasteiger partial charge < -0.3 is 19.5 Å². The second kappa shape index (κ2) is 14.4. The number of ether oxygens (including phenoxy) is 3. The maximum atomic E-state index is 15.5. The van der Waals surface area contributed by atoms with Crippen LogP contribution in [0.5, 0.6) is 0 Å². The summed E-state index contributed by atoms with van der Waals surface area (Å²) in [6.07, 6.45) is 5.60. The van der Waals surface area contributed by atoms with E-state index < -0.39 is 29.6 Å². The predicted molar refractivity (Wildman–Crippen MR) is 162 cm³/mol. The van der Waals surface area contributed by atoms with E-state index >= 15 is 4.39 Å². The second-order valence-electron chi connectivity index (χ2n) is 13.2. The Hall–Kier alpha value is -2.62. The van der Waals surface area contributed by atoms with Gasteiger partial charge in [-0.15, -0.1) is 0 Å². The van der Waals surface area contributed by atoms with E-state index in [1.54, 1.807) is 6.07 Å². The van der Waals surface area contributed by atoms with Crippen LogP contribution in [0.3, 0.4) is 0 Å². The first-order valence-corrected chi connectivity index (χ1v) is 16.0. The average molecular weight is 600 g/mol. The molecule has 2 saturated heterocycles. The van der Waals surface area contributed by atoms with E-state index in [0.29, 0.717) is 44.7 Å². The highest BCUT2D eigenvalue weighted by Crippen LogP contribution is 2.35. The third-order valence-corrected chi connectivity index (χ3v) is 8.64. The maximum Gasteiger partial charge on any atom is 0.328 e. The van der Waals surface area contributed by atoms with Gasteiger partial charge in [0.15, 0.2) is 0 Å². The van der Waals surface area contributed by atoms with E-state index in [2.05, 4.69) is 17.4 Å². The summed E-state index contributed by atoms with van der Waals surface area (Å²) in [6, 6.07) is 7.89. The smallest absolute Gasteiger partial charge is 0.328 e. The summed E-state index contributed by atoms with van der Waals surface area (Å²) >= 11 is 0. The summed E-state index contributed by atoms with van der Waals surface area (Å²) in [5.74, 6) is -0.0790. The summed E-state index contributed by atoms with van der Waals surface area (Å²) in [5.41, 5.74) is 2.86. The molecule has 0 radical (unpaired) electrons. The summed E-state index contributed by atoms with van der Waals surface area (Å²) < 4.78 is 47.5. The number of nitrogens with zero attached hydrogens (tertiary/aromatic N) is 2. The molecule has 3 aliphatic rings. The third kappa shape index (κ3) is 8.73. The number of halogens is 2. The number of unbranched alkanes of at least 4 members (excludes halogenated alkanes) is 1. The molecule has 0 saturated carbocycles. The molecule has 0 spiro atoms. The van der Waals surface area contributed by atoms with Crippen molar-refractivity contribution in [1.29, 1.82) is 0 Å². The Morgan fingerprint density at radius 1 is 1.21 bits per heavy atom. The molecule has 3 aliphatic heterocycles. The van der Waals surface area contributed by atoms with E-state index in [0.717, 1.165) is 62.1 Å². The Kier molecular flexibility index (Phi) is 10.7. The molecule has 1 aromatic heterocycles. The van der Waals surface area contributed by atoms with E-state index in [4.69, 9.17) is 19.2 Å². The zero-order chi connectivity index (χ0) is 30.4. The SMILES string of the molecule is CC(C)(C)OC(=O)C(c1cc(F)ccc1CO[C@H]1CCOC1)N1CC[C@@H](C(F)CCCCc2ccc3c(n2)NCCC3)C1. The average Bonchev–Trinajstić information content (AvgIpc) is 3.67. The molecular formula is C34H47F2N3O4. The van der Waals surface area contributed by atoms with Gasteiger partial charge >= 0.3 is 5.97 Å². The minimum Gasteiger partial charge on any atom is -0.459 e. The van der Waals surface area contributed by atoms with Gasteiger partial charge in [-0.25, -0.2) is 18.6 Å². The standard InChI is InChI=1S/C34H47F2N3O4/c1-34(2,3)43-33(40)31(29-19-26(35)12-10-25(29)21-42-28-15-18-41-22-28)39-17-14-24(20-39)30(36)9-5-4-8-27-13-11-23-7-6-16-37-32(23)38-27/h10-13,19,24,28,30-31H,4-9,14-18,20-22H2,1-3H3,(H,37,38)/t24-,28+,30?,31?/m1/s1. The Morgan fingerprint density at radius 2 is 2.07 bits per heavy atom. The fourth-order valence-electron chi connectivity index (χ4n) is 6.37. The van der Waals surface area contributed by atoms with Crippen LogP contribution in [-0.4, -0.2) is 66.6 Å². The van der Waals surface area contributed by atoms with Gasteiger partial charge in [-0.1, -0.05) is 18.6 Å². The van der Waals surface area contributed by atoms with E-state index in [9.17, 15) is 9.18 Å². The van der Waals surface area contributed by atoms with Crippen LogP contribution in [0, 0.1) is 11.7 Å². The number of nitrogens with one attached hydrogen (secondary N) is 1. The van der Waals surface area contributed by atoms with Gasteiger partial charge in [-0.2, -0.15) is 0 Å². The van der Waals surface area contributed by atoms with E-state index in [-0.39, 0.29) is 18.6 Å². The second-order valence-corrected chi connectivity index (χ2v) is 13.2. The Bertz CT molecular complexity index is 1230. The van der Waals surface area contributed by atoms with Crippen molar-refractivity contribution in [3.63, 3.8) is 0 Å². The quantitative estimate of drug-likeness (QED) is 0.226. The van der Waals surface area contributed by atoms with Crippen molar-refractivity contribution in [2.45, 2.75) is 103 Å². The number of pyridine rings is 1. The molecule has 43 heavy (non-hydrogen) atoms. The van der Waals surface area contributed by atoms with Crippen LogP contribution in [0.15, 0.2) is 30.3 Å². The van der Waals surface area contributed by atoms with Crippen LogP contribution in [0.2, 0.25) is 0 Å². The number of carbonyl (C=O) groups is 1. The van der Waals surface area contributed by atoms with Gasteiger partial charge in [-0.3, -0.25) is 4.90 Å². The molecule has 2 fully saturated rings. The van der Waals surface area contributed by atoms with Crippen molar-refractivity contribution in [2.75, 3.05) is 38.2 Å². The molecule has 9 heteroatoms. The summed E-state index contributed by atoms with van der Waals surface area (Å²) in [7, 11) is 0. The summed E-state index contributed by atoms with van der Waals surface area (Å²) in [4.78, 5) is 20.4. The first-order chi connectivity index (χ1) is 20.7. The van der Waals surface area contributed by atoms with Crippen molar-refractivity contribution in [3.8, 4) is 0 Å². The highest BCUT2D eigenvalue weighted by atomic mass is 19.1. The number of anilines is 1. The number of likely N-dealkylation sites (tertiary alicyclic amines) is 1. The fourth-order valence-corrected chi connectivity index (χ4v) is 6.37. The van der Waals surface area contributed by atoms with Gasteiger partial charge in [0.1, 0.15) is 29.4 Å². The number of esters is 1. The molecule has 2 unspecified atom stereocenters. The van der Waals surface area contributed by atoms with Crippen LogP contribution in [0.4, 0.5) is 14.6 Å². The van der Waals surface area contributed by atoms with Gasteiger partial charge in [0.25, 0.3) is 0 Å². The normalized spacial score (nSPS) is 22.2. The largest absolute Gasteiger partial charge is 0.459 e. The molecule has 1 N–H and O–H groups in total. The van der Waals surface area contributed by atoms with Gasteiger partial charge in [-0.05, 0) is 107 Å². The minimum absolute atomic E-state index is 0.0268. The van der Waals surface area contributed by atoms with Crippen molar-refractivity contribution in [1.82, 2.24) is 9.88 Å².